The molecule has 0 bridgehead atoms. The summed E-state index contributed by atoms with van der Waals surface area (Å²) < 4.78 is 18.3. The van der Waals surface area contributed by atoms with Crippen molar-refractivity contribution in [1.29, 1.82) is 0 Å². The Hall–Kier alpha value is -2.91. The predicted octanol–water partition coefficient (Wildman–Crippen LogP) is 0.826. The highest BCUT2D eigenvalue weighted by Crippen LogP contribution is 2.35. The number of fused-ring (bicyclic) bond motifs is 1. The topological polar surface area (TPSA) is 112 Å². The average molecular weight is 387 g/mol. The van der Waals surface area contributed by atoms with Crippen LogP contribution >= 0.6 is 0 Å². The molecule has 2 aliphatic rings. The monoisotopic (exact) mass is 387 g/mol. The average Bonchev–Trinajstić information content (AvgIpc) is 3.26. The number of hydrogen-bond donors (Lipinski definition) is 2. The number of nitrogens with one attached hydrogen (secondary N) is 2. The summed E-state index contributed by atoms with van der Waals surface area (Å²) in [7, 11) is 0. The van der Waals surface area contributed by atoms with Crippen LogP contribution < -0.4 is 16.6 Å². The number of rotatable bonds is 4. The van der Waals surface area contributed by atoms with Crippen LogP contribution in [0.4, 0.5) is 4.79 Å². The first-order valence-corrected chi connectivity index (χ1v) is 9.07. The minimum atomic E-state index is -0.567. The van der Waals surface area contributed by atoms with Gasteiger partial charge in [-0.2, -0.15) is 0 Å². The molecule has 1 aromatic heterocycles. The van der Waals surface area contributed by atoms with Crippen molar-refractivity contribution in [2.24, 2.45) is 0 Å². The molecule has 2 N–H and O–H groups in total. The highest BCUT2D eigenvalue weighted by Gasteiger charge is 2.47. The number of H-pyrrole nitrogens is 1. The molecule has 2 aromatic rings. The van der Waals surface area contributed by atoms with Gasteiger partial charge in [-0.1, -0.05) is 30.3 Å². The summed E-state index contributed by atoms with van der Waals surface area (Å²) in [6.07, 6.45) is 0.165. The number of aromatic nitrogens is 2. The smallest absolute Gasteiger partial charge is 0.407 e. The van der Waals surface area contributed by atoms with Crippen molar-refractivity contribution in [3.8, 4) is 0 Å². The van der Waals surface area contributed by atoms with Crippen molar-refractivity contribution in [3.05, 3.63) is 68.5 Å². The van der Waals surface area contributed by atoms with Crippen LogP contribution in [0.15, 0.2) is 46.1 Å². The summed E-state index contributed by atoms with van der Waals surface area (Å²) in [5.41, 5.74) is 0.354. The second-order valence-electron chi connectivity index (χ2n) is 6.95. The Balaban J connectivity index is 1.37. The van der Waals surface area contributed by atoms with E-state index in [4.69, 9.17) is 14.2 Å². The minimum absolute atomic E-state index is 0.171. The number of aromatic amines is 1. The Morgan fingerprint density at radius 1 is 1.32 bits per heavy atom. The van der Waals surface area contributed by atoms with Crippen molar-refractivity contribution < 1.29 is 19.0 Å². The first kappa shape index (κ1) is 18.5. The summed E-state index contributed by atoms with van der Waals surface area (Å²) in [5, 5.41) is 2.77. The maximum absolute atomic E-state index is 12.1. The van der Waals surface area contributed by atoms with Gasteiger partial charge in [-0.25, -0.2) is 9.59 Å². The van der Waals surface area contributed by atoms with E-state index in [-0.39, 0.29) is 18.8 Å². The number of carbonyl (C=O) groups excluding carboxylic acids is 1. The molecule has 1 aromatic carbocycles. The SMILES string of the molecule is Cc1cn([C@H]2C[C@@H]3OC[C@H](NC(=O)OCc4ccccc4)[C@@H]3O2)c(=O)[nH]c1=O. The predicted molar refractivity (Wildman–Crippen MR) is 97.9 cm³/mol. The van der Waals surface area contributed by atoms with E-state index < -0.39 is 29.7 Å². The quantitative estimate of drug-likeness (QED) is 0.804. The first-order valence-electron chi connectivity index (χ1n) is 9.07. The number of aryl methyl sites for hydroxylation is 1. The summed E-state index contributed by atoms with van der Waals surface area (Å²) in [6.45, 7) is 2.10. The zero-order valence-corrected chi connectivity index (χ0v) is 15.3. The fraction of sp³-hybridized carbons (Fsp3) is 0.421. The normalized spacial score (nSPS) is 26.0. The molecule has 0 unspecified atom stereocenters. The number of benzene rings is 1. The molecular formula is C19H21N3O6. The molecule has 0 aliphatic carbocycles. The van der Waals surface area contributed by atoms with Crippen LogP contribution in [0.2, 0.25) is 0 Å². The molecule has 9 nitrogen and oxygen atoms in total. The molecule has 4 atom stereocenters. The van der Waals surface area contributed by atoms with Gasteiger partial charge in [0.15, 0.2) is 0 Å². The van der Waals surface area contributed by atoms with E-state index in [1.165, 1.54) is 10.8 Å². The molecule has 0 radical (unpaired) electrons. The van der Waals surface area contributed by atoms with Crippen LogP contribution in [0.5, 0.6) is 0 Å². The molecule has 4 rings (SSSR count). The van der Waals surface area contributed by atoms with E-state index in [1.807, 2.05) is 30.3 Å². The van der Waals surface area contributed by atoms with Crippen molar-refractivity contribution in [1.82, 2.24) is 14.9 Å². The van der Waals surface area contributed by atoms with Crippen LogP contribution in [0.1, 0.15) is 23.8 Å². The van der Waals surface area contributed by atoms with E-state index in [9.17, 15) is 14.4 Å². The molecule has 3 heterocycles. The minimum Gasteiger partial charge on any atom is -0.445 e. The van der Waals surface area contributed by atoms with Crippen LogP contribution in [0.25, 0.3) is 0 Å². The van der Waals surface area contributed by atoms with Gasteiger partial charge < -0.3 is 19.5 Å². The largest absolute Gasteiger partial charge is 0.445 e. The molecule has 2 saturated heterocycles. The third-order valence-electron chi connectivity index (χ3n) is 4.97. The molecule has 148 valence electrons. The van der Waals surface area contributed by atoms with Gasteiger partial charge in [0.05, 0.1) is 18.8 Å². The van der Waals surface area contributed by atoms with Gasteiger partial charge in [-0.3, -0.25) is 14.3 Å². The van der Waals surface area contributed by atoms with Gasteiger partial charge in [0.1, 0.15) is 18.9 Å². The summed E-state index contributed by atoms with van der Waals surface area (Å²) >= 11 is 0. The van der Waals surface area contributed by atoms with Gasteiger partial charge in [0.2, 0.25) is 0 Å². The van der Waals surface area contributed by atoms with E-state index >= 15 is 0 Å². The number of hydrogen-bond acceptors (Lipinski definition) is 6. The third kappa shape index (κ3) is 3.71. The van der Waals surface area contributed by atoms with Crippen molar-refractivity contribution in [3.63, 3.8) is 0 Å². The van der Waals surface area contributed by atoms with Gasteiger partial charge in [-0.15, -0.1) is 0 Å². The van der Waals surface area contributed by atoms with Crippen LogP contribution in [-0.4, -0.2) is 40.5 Å². The van der Waals surface area contributed by atoms with Crippen molar-refractivity contribution >= 4 is 6.09 Å². The first-order chi connectivity index (χ1) is 13.5. The van der Waals surface area contributed by atoms with E-state index in [2.05, 4.69) is 10.3 Å². The third-order valence-corrected chi connectivity index (χ3v) is 4.97. The molecule has 2 aliphatic heterocycles. The molecule has 9 heteroatoms. The number of ether oxygens (including phenoxy) is 3. The van der Waals surface area contributed by atoms with E-state index in [0.29, 0.717) is 18.6 Å². The Bertz CT molecular complexity index is 970. The second kappa shape index (κ2) is 7.61. The molecule has 2 fully saturated rings. The zero-order chi connectivity index (χ0) is 19.7. The van der Waals surface area contributed by atoms with Crippen molar-refractivity contribution in [2.75, 3.05) is 6.61 Å². The van der Waals surface area contributed by atoms with Crippen LogP contribution in [0.3, 0.4) is 0 Å². The van der Waals surface area contributed by atoms with Gasteiger partial charge in [0.25, 0.3) is 5.56 Å². The summed E-state index contributed by atoms with van der Waals surface area (Å²) in [5.74, 6) is 0. The zero-order valence-electron chi connectivity index (χ0n) is 15.3. The van der Waals surface area contributed by atoms with Crippen molar-refractivity contribution in [2.45, 2.75) is 44.4 Å². The number of carbonyl (C=O) groups is 1. The van der Waals surface area contributed by atoms with E-state index in [1.54, 1.807) is 6.92 Å². The maximum atomic E-state index is 12.1. The van der Waals surface area contributed by atoms with Gasteiger partial charge in [-0.05, 0) is 12.5 Å². The maximum Gasteiger partial charge on any atom is 0.407 e. The fourth-order valence-electron chi connectivity index (χ4n) is 3.52. The lowest BCUT2D eigenvalue weighted by molar-refractivity contribution is -0.0124. The Morgan fingerprint density at radius 3 is 2.89 bits per heavy atom. The molecule has 28 heavy (non-hydrogen) atoms. The standard InChI is InChI=1S/C19H21N3O6/c1-11-8-22(18(24)21-17(11)23)15-7-14-16(28-15)13(10-26-14)20-19(25)27-9-12-5-3-2-4-6-12/h2-6,8,13-16H,7,9-10H2,1H3,(H,20,25)(H,21,23,24)/t13-,14-,15+,16-/m0/s1. The van der Waals surface area contributed by atoms with Gasteiger partial charge >= 0.3 is 11.8 Å². The van der Waals surface area contributed by atoms with Crippen LogP contribution in [0, 0.1) is 6.92 Å². The lowest BCUT2D eigenvalue weighted by Gasteiger charge is -2.20. The van der Waals surface area contributed by atoms with Crippen LogP contribution in [-0.2, 0) is 20.8 Å². The fourth-order valence-corrected chi connectivity index (χ4v) is 3.52. The molecule has 0 saturated carbocycles. The molecule has 1 amide bonds. The second-order valence-corrected chi connectivity index (χ2v) is 6.95. The van der Waals surface area contributed by atoms with Gasteiger partial charge in [0, 0.05) is 18.2 Å². The highest BCUT2D eigenvalue weighted by atomic mass is 16.6. The van der Waals surface area contributed by atoms with E-state index in [0.717, 1.165) is 5.56 Å². The number of nitrogens with zero attached hydrogens (tertiary/aromatic N) is 1. The Kier molecular flexibility index (Phi) is 5.01. The Labute approximate surface area is 160 Å². The lowest BCUT2D eigenvalue weighted by Crippen LogP contribution is -2.44. The number of amides is 1. The lowest BCUT2D eigenvalue weighted by atomic mass is 10.1. The summed E-state index contributed by atoms with van der Waals surface area (Å²) in [4.78, 5) is 38.0. The highest BCUT2D eigenvalue weighted by molar-refractivity contribution is 5.67. The summed E-state index contributed by atoms with van der Waals surface area (Å²) in [6, 6.07) is 9.01. The molecular weight excluding hydrogens is 366 g/mol. The Morgan fingerprint density at radius 2 is 2.11 bits per heavy atom. The number of alkyl carbamates (subject to hydrolysis) is 1. The molecule has 0 spiro atoms.